The van der Waals surface area contributed by atoms with Crippen LogP contribution < -0.4 is 5.32 Å². The number of hydrogen-bond donors (Lipinski definition) is 1. The van der Waals surface area contributed by atoms with Crippen molar-refractivity contribution in [3.63, 3.8) is 0 Å². The summed E-state index contributed by atoms with van der Waals surface area (Å²) in [4.78, 5) is 12.0. The monoisotopic (exact) mass is 382 g/mol. The van der Waals surface area contributed by atoms with Crippen LogP contribution in [0.3, 0.4) is 0 Å². The molecule has 0 spiro atoms. The number of anilines is 1. The molecule has 5 nitrogen and oxygen atoms in total. The second kappa shape index (κ2) is 8.86. The largest absolute Gasteiger partial charge is 0.324 e. The van der Waals surface area contributed by atoms with E-state index in [0.29, 0.717) is 6.42 Å². The number of para-hydroxylation sites is 1. The first kappa shape index (κ1) is 20.0. The fourth-order valence-electron chi connectivity index (χ4n) is 2.35. The Morgan fingerprint density at radius 1 is 1.04 bits per heavy atom. The Balaban J connectivity index is 1.92. The highest BCUT2D eigenvalue weighted by molar-refractivity contribution is 7.88. The summed E-state index contributed by atoms with van der Waals surface area (Å²) in [5.41, 5.74) is 0.838. The van der Waals surface area contributed by atoms with Crippen LogP contribution in [-0.4, -0.2) is 38.0 Å². The summed E-state index contributed by atoms with van der Waals surface area (Å²) >= 11 is 0. The van der Waals surface area contributed by atoms with Crippen LogP contribution in [0.15, 0.2) is 48.5 Å². The maximum absolute atomic E-state index is 13.5. The van der Waals surface area contributed by atoms with Crippen molar-refractivity contribution in [2.24, 2.45) is 0 Å². The predicted molar refractivity (Wildman–Crippen MR) is 96.2 cm³/mol. The number of sulfonamides is 1. The zero-order valence-corrected chi connectivity index (χ0v) is 15.1. The zero-order valence-electron chi connectivity index (χ0n) is 14.3. The average Bonchev–Trinajstić information content (AvgIpc) is 2.57. The molecular formula is C18H20F2N2O3S. The molecule has 0 saturated carbocycles. The van der Waals surface area contributed by atoms with Gasteiger partial charge in [0.1, 0.15) is 11.6 Å². The minimum absolute atomic E-state index is 0.0275. The number of amides is 1. The SMILES string of the molecule is CS(=O)(=O)N(CCC(=O)Nc1ccccc1F)CCc1ccc(F)cc1. The van der Waals surface area contributed by atoms with Gasteiger partial charge in [-0.15, -0.1) is 0 Å². The van der Waals surface area contributed by atoms with E-state index in [1.807, 2.05) is 0 Å². The Labute approximate surface area is 151 Å². The molecule has 0 unspecified atom stereocenters. The van der Waals surface area contributed by atoms with E-state index in [4.69, 9.17) is 0 Å². The van der Waals surface area contributed by atoms with E-state index >= 15 is 0 Å². The number of nitrogens with one attached hydrogen (secondary N) is 1. The summed E-state index contributed by atoms with van der Waals surface area (Å²) < 4.78 is 51.4. The third-order valence-corrected chi connectivity index (χ3v) is 5.07. The summed E-state index contributed by atoms with van der Waals surface area (Å²) in [7, 11) is -3.51. The third-order valence-electron chi connectivity index (χ3n) is 3.77. The summed E-state index contributed by atoms with van der Waals surface area (Å²) in [6.45, 7) is 0.137. The molecule has 0 aromatic heterocycles. The molecule has 2 rings (SSSR count). The molecule has 140 valence electrons. The van der Waals surface area contributed by atoms with E-state index in [1.165, 1.54) is 34.6 Å². The second-order valence-electron chi connectivity index (χ2n) is 5.82. The molecule has 0 aliphatic heterocycles. The molecule has 0 radical (unpaired) electrons. The Morgan fingerprint density at radius 3 is 2.31 bits per heavy atom. The van der Waals surface area contributed by atoms with E-state index in [1.54, 1.807) is 18.2 Å². The molecule has 1 amide bonds. The molecule has 26 heavy (non-hydrogen) atoms. The molecular weight excluding hydrogens is 362 g/mol. The number of carbonyl (C=O) groups is 1. The molecule has 2 aromatic rings. The second-order valence-corrected chi connectivity index (χ2v) is 7.80. The van der Waals surface area contributed by atoms with Gasteiger partial charge in [-0.25, -0.2) is 21.5 Å². The lowest BCUT2D eigenvalue weighted by atomic mass is 10.1. The van der Waals surface area contributed by atoms with Crippen molar-refractivity contribution in [2.45, 2.75) is 12.8 Å². The zero-order chi connectivity index (χ0) is 19.2. The van der Waals surface area contributed by atoms with E-state index in [9.17, 15) is 22.0 Å². The minimum atomic E-state index is -3.51. The van der Waals surface area contributed by atoms with Crippen LogP contribution >= 0.6 is 0 Å². The fourth-order valence-corrected chi connectivity index (χ4v) is 3.20. The molecule has 8 heteroatoms. The van der Waals surface area contributed by atoms with Gasteiger partial charge in [-0.05, 0) is 36.2 Å². The van der Waals surface area contributed by atoms with Crippen LogP contribution in [0.1, 0.15) is 12.0 Å². The molecule has 0 bridgehead atoms. The molecule has 0 atom stereocenters. The maximum Gasteiger partial charge on any atom is 0.225 e. The van der Waals surface area contributed by atoms with Gasteiger partial charge in [0.05, 0.1) is 11.9 Å². The van der Waals surface area contributed by atoms with Crippen LogP contribution in [0.5, 0.6) is 0 Å². The molecule has 2 aromatic carbocycles. The van der Waals surface area contributed by atoms with Crippen molar-refractivity contribution < 1.29 is 22.0 Å². The summed E-state index contributed by atoms with van der Waals surface area (Å²) in [5.74, 6) is -1.40. The lowest BCUT2D eigenvalue weighted by molar-refractivity contribution is -0.116. The summed E-state index contributed by atoms with van der Waals surface area (Å²) in [5, 5.41) is 2.42. The van der Waals surface area contributed by atoms with Gasteiger partial charge >= 0.3 is 0 Å². The highest BCUT2D eigenvalue weighted by Crippen LogP contribution is 2.13. The number of nitrogens with zero attached hydrogens (tertiary/aromatic N) is 1. The standard InChI is InChI=1S/C18H20F2N2O3S/c1-26(24,25)22(12-10-14-6-8-15(19)9-7-14)13-11-18(23)21-17-5-3-2-4-16(17)20/h2-9H,10-13H2,1H3,(H,21,23). The van der Waals surface area contributed by atoms with Crippen molar-refractivity contribution in [3.8, 4) is 0 Å². The first-order valence-corrected chi connectivity index (χ1v) is 9.84. The smallest absolute Gasteiger partial charge is 0.225 e. The lowest BCUT2D eigenvalue weighted by Gasteiger charge is -2.19. The number of benzene rings is 2. The topological polar surface area (TPSA) is 66.5 Å². The van der Waals surface area contributed by atoms with Crippen molar-refractivity contribution in [1.82, 2.24) is 4.31 Å². The average molecular weight is 382 g/mol. The Bertz CT molecular complexity index is 855. The molecule has 0 fully saturated rings. The van der Waals surface area contributed by atoms with Crippen LogP contribution in [0.2, 0.25) is 0 Å². The Kier molecular flexibility index (Phi) is 6.82. The van der Waals surface area contributed by atoms with Crippen molar-refractivity contribution in [3.05, 3.63) is 65.7 Å². The first-order valence-electron chi connectivity index (χ1n) is 7.99. The van der Waals surface area contributed by atoms with Crippen molar-refractivity contribution >= 4 is 21.6 Å². The quantitative estimate of drug-likeness (QED) is 0.764. The predicted octanol–water partition coefficient (Wildman–Crippen LogP) is 2.80. The molecule has 0 aliphatic rings. The van der Waals surface area contributed by atoms with Crippen LogP contribution in [-0.2, 0) is 21.2 Å². The van der Waals surface area contributed by atoms with Crippen molar-refractivity contribution in [2.75, 3.05) is 24.7 Å². The lowest BCUT2D eigenvalue weighted by Crippen LogP contribution is -2.34. The van der Waals surface area contributed by atoms with Crippen LogP contribution in [0.4, 0.5) is 14.5 Å². The molecule has 0 heterocycles. The van der Waals surface area contributed by atoms with Gasteiger partial charge in [0.15, 0.2) is 0 Å². The molecule has 0 aliphatic carbocycles. The van der Waals surface area contributed by atoms with Gasteiger partial charge in [-0.1, -0.05) is 24.3 Å². The van der Waals surface area contributed by atoms with Gasteiger partial charge < -0.3 is 5.32 Å². The number of halogens is 2. The molecule has 1 N–H and O–H groups in total. The highest BCUT2D eigenvalue weighted by Gasteiger charge is 2.18. The van der Waals surface area contributed by atoms with Crippen molar-refractivity contribution in [1.29, 1.82) is 0 Å². The van der Waals surface area contributed by atoms with E-state index in [2.05, 4.69) is 5.32 Å². The van der Waals surface area contributed by atoms with Gasteiger partial charge in [-0.3, -0.25) is 4.79 Å². The van der Waals surface area contributed by atoms with E-state index in [0.717, 1.165) is 11.8 Å². The number of rotatable bonds is 8. The fraction of sp³-hybridized carbons (Fsp3) is 0.278. The summed E-state index contributed by atoms with van der Waals surface area (Å²) in [6, 6.07) is 11.5. The van der Waals surface area contributed by atoms with Gasteiger partial charge in [0.25, 0.3) is 0 Å². The maximum atomic E-state index is 13.5. The van der Waals surface area contributed by atoms with Crippen LogP contribution in [0.25, 0.3) is 0 Å². The Morgan fingerprint density at radius 2 is 1.69 bits per heavy atom. The summed E-state index contributed by atoms with van der Waals surface area (Å²) in [6.07, 6.45) is 1.35. The van der Waals surface area contributed by atoms with Crippen LogP contribution in [0, 0.1) is 11.6 Å². The minimum Gasteiger partial charge on any atom is -0.324 e. The van der Waals surface area contributed by atoms with Gasteiger partial charge in [0.2, 0.25) is 15.9 Å². The Hall–Kier alpha value is -2.32. The highest BCUT2D eigenvalue weighted by atomic mass is 32.2. The third kappa shape index (κ3) is 6.20. The van der Waals surface area contributed by atoms with E-state index in [-0.39, 0.29) is 31.0 Å². The van der Waals surface area contributed by atoms with E-state index < -0.39 is 21.7 Å². The number of carbonyl (C=O) groups excluding carboxylic acids is 1. The van der Waals surface area contributed by atoms with Gasteiger partial charge in [-0.2, -0.15) is 0 Å². The normalized spacial score (nSPS) is 11.5. The number of hydrogen-bond acceptors (Lipinski definition) is 3. The molecule has 0 saturated heterocycles. The first-order chi connectivity index (χ1) is 12.3. The van der Waals surface area contributed by atoms with Gasteiger partial charge in [0, 0.05) is 19.5 Å².